The fourth-order valence-corrected chi connectivity index (χ4v) is 0.851. The van der Waals surface area contributed by atoms with Gasteiger partial charge in [-0.05, 0) is 31.4 Å². The van der Waals surface area contributed by atoms with Gasteiger partial charge in [0.1, 0.15) is 5.38 Å². The van der Waals surface area contributed by atoms with Crippen LogP contribution in [0, 0.1) is 0 Å². The lowest BCUT2D eigenvalue weighted by atomic mass is 10.2. The van der Waals surface area contributed by atoms with Crippen LogP contribution < -0.4 is 0 Å². The van der Waals surface area contributed by atoms with Crippen molar-refractivity contribution in [3.63, 3.8) is 0 Å². The molecule has 1 nitrogen and oxygen atoms in total. The Bertz CT molecular complexity index is 114. The summed E-state index contributed by atoms with van der Waals surface area (Å²) in [7, 11) is 0. The molecule has 0 amide bonds. The molecule has 0 aliphatic carbocycles. The molecule has 0 radical (unpaired) electrons. The molecule has 4 heteroatoms. The Morgan fingerprint density at radius 1 is 1.40 bits per heavy atom. The van der Waals surface area contributed by atoms with E-state index in [9.17, 15) is 4.79 Å². The van der Waals surface area contributed by atoms with Gasteiger partial charge in [0.2, 0.25) is 5.24 Å². The fourth-order valence-electron chi connectivity index (χ4n) is 0.489. The van der Waals surface area contributed by atoms with Crippen LogP contribution in [0.15, 0.2) is 0 Å². The maximum absolute atomic E-state index is 10.3. The summed E-state index contributed by atoms with van der Waals surface area (Å²) in [4.78, 5) is 10.3. The van der Waals surface area contributed by atoms with Gasteiger partial charge < -0.3 is 0 Å². The van der Waals surface area contributed by atoms with E-state index in [1.54, 1.807) is 0 Å². The first kappa shape index (κ1) is 10.5. The van der Waals surface area contributed by atoms with E-state index in [0.29, 0.717) is 12.8 Å². The molecule has 2 atom stereocenters. The van der Waals surface area contributed by atoms with Crippen molar-refractivity contribution in [2.45, 2.75) is 30.5 Å². The molecule has 0 rings (SSSR count). The molecule has 0 bridgehead atoms. The van der Waals surface area contributed by atoms with E-state index in [1.165, 1.54) is 0 Å². The number of rotatable bonds is 4. The van der Waals surface area contributed by atoms with Crippen LogP contribution in [-0.2, 0) is 4.79 Å². The van der Waals surface area contributed by atoms with Crippen molar-refractivity contribution in [1.29, 1.82) is 0 Å². The Labute approximate surface area is 75.6 Å². The van der Waals surface area contributed by atoms with E-state index in [-0.39, 0.29) is 5.38 Å². The van der Waals surface area contributed by atoms with E-state index < -0.39 is 10.6 Å². The highest BCUT2D eigenvalue weighted by Crippen LogP contribution is 2.13. The number of carbonyl (C=O) groups excluding carboxylic acids is 1. The lowest BCUT2D eigenvalue weighted by molar-refractivity contribution is -0.111. The predicted octanol–water partition coefficient (Wildman–Crippen LogP) is 2.77. The van der Waals surface area contributed by atoms with E-state index in [2.05, 4.69) is 0 Å². The van der Waals surface area contributed by atoms with Gasteiger partial charge in [0.25, 0.3) is 0 Å². The van der Waals surface area contributed by atoms with Crippen LogP contribution in [0.4, 0.5) is 0 Å². The Kier molecular flexibility index (Phi) is 5.51. The fraction of sp³-hybridized carbons (Fsp3) is 0.833. The molecule has 0 saturated carbocycles. The highest BCUT2D eigenvalue weighted by Gasteiger charge is 2.12. The van der Waals surface area contributed by atoms with Crippen molar-refractivity contribution < 1.29 is 4.79 Å². The lowest BCUT2D eigenvalue weighted by Gasteiger charge is -2.04. The third-order valence-electron chi connectivity index (χ3n) is 1.06. The van der Waals surface area contributed by atoms with E-state index in [0.717, 1.165) is 0 Å². The minimum Gasteiger partial charge on any atom is -0.280 e. The van der Waals surface area contributed by atoms with Crippen molar-refractivity contribution >= 4 is 40.0 Å². The van der Waals surface area contributed by atoms with Crippen molar-refractivity contribution in [1.82, 2.24) is 0 Å². The zero-order chi connectivity index (χ0) is 8.15. The van der Waals surface area contributed by atoms with Gasteiger partial charge in [-0.1, -0.05) is 0 Å². The number of halogens is 3. The van der Waals surface area contributed by atoms with Crippen LogP contribution in [0.2, 0.25) is 0 Å². The van der Waals surface area contributed by atoms with Crippen molar-refractivity contribution in [3.8, 4) is 0 Å². The first-order chi connectivity index (χ1) is 4.54. The summed E-state index contributed by atoms with van der Waals surface area (Å²) in [5.41, 5.74) is 0. The number of hydrogen-bond acceptors (Lipinski definition) is 1. The van der Waals surface area contributed by atoms with Gasteiger partial charge in [-0.3, -0.25) is 4.79 Å². The highest BCUT2D eigenvalue weighted by atomic mass is 35.5. The second kappa shape index (κ2) is 5.22. The summed E-state index contributed by atoms with van der Waals surface area (Å²) >= 11 is 16.2. The molecule has 0 aromatic rings. The van der Waals surface area contributed by atoms with E-state index in [4.69, 9.17) is 34.8 Å². The average molecular weight is 203 g/mol. The molecular formula is C6H9Cl3O. The second-order valence-electron chi connectivity index (χ2n) is 2.13. The molecule has 0 aromatic carbocycles. The summed E-state index contributed by atoms with van der Waals surface area (Å²) in [6, 6.07) is 0. The zero-order valence-electron chi connectivity index (χ0n) is 5.61. The van der Waals surface area contributed by atoms with Crippen LogP contribution in [0.1, 0.15) is 19.8 Å². The quantitative estimate of drug-likeness (QED) is 0.507. The molecule has 10 heavy (non-hydrogen) atoms. The summed E-state index contributed by atoms with van der Waals surface area (Å²) in [6.07, 6.45) is 1.27. The van der Waals surface area contributed by atoms with Crippen molar-refractivity contribution in [2.75, 3.05) is 0 Å². The smallest absolute Gasteiger partial charge is 0.239 e. The van der Waals surface area contributed by atoms with Gasteiger partial charge in [-0.25, -0.2) is 0 Å². The number of carbonyl (C=O) groups is 1. The molecule has 0 aliphatic rings. The Balaban J connectivity index is 3.40. The molecule has 2 unspecified atom stereocenters. The molecule has 0 fully saturated rings. The number of alkyl halides is 2. The maximum atomic E-state index is 10.3. The third-order valence-corrected chi connectivity index (χ3v) is 2.07. The second-order valence-corrected chi connectivity index (χ2v) is 3.77. The van der Waals surface area contributed by atoms with Crippen LogP contribution in [0.25, 0.3) is 0 Å². The highest BCUT2D eigenvalue weighted by molar-refractivity contribution is 6.69. The maximum Gasteiger partial charge on any atom is 0.239 e. The van der Waals surface area contributed by atoms with Crippen molar-refractivity contribution in [2.24, 2.45) is 0 Å². The van der Waals surface area contributed by atoms with E-state index in [1.807, 2.05) is 6.92 Å². The molecular weight excluding hydrogens is 194 g/mol. The molecule has 60 valence electrons. The first-order valence-corrected chi connectivity index (χ1v) is 4.26. The van der Waals surface area contributed by atoms with Crippen LogP contribution in [0.3, 0.4) is 0 Å². The van der Waals surface area contributed by atoms with Gasteiger partial charge in [0, 0.05) is 5.38 Å². The SMILES string of the molecule is CC(Cl)CCC(Cl)C(=O)Cl. The van der Waals surface area contributed by atoms with Crippen molar-refractivity contribution in [3.05, 3.63) is 0 Å². The van der Waals surface area contributed by atoms with Gasteiger partial charge in [-0.2, -0.15) is 0 Å². The summed E-state index contributed by atoms with van der Waals surface area (Å²) in [5.74, 6) is 0. The first-order valence-electron chi connectivity index (χ1n) is 3.01. The predicted molar refractivity (Wildman–Crippen MR) is 45.1 cm³/mol. The standard InChI is InChI=1S/C6H9Cl3O/c1-4(7)2-3-5(8)6(9)10/h4-5H,2-3H2,1H3. The molecule has 0 heterocycles. The third kappa shape index (κ3) is 5.33. The minimum atomic E-state index is -0.581. The van der Waals surface area contributed by atoms with Gasteiger partial charge >= 0.3 is 0 Å². The normalized spacial score (nSPS) is 16.4. The Hall–Kier alpha value is 0.540. The Morgan fingerprint density at radius 2 is 1.90 bits per heavy atom. The van der Waals surface area contributed by atoms with E-state index >= 15 is 0 Å². The van der Waals surface area contributed by atoms with Crippen LogP contribution in [-0.4, -0.2) is 16.0 Å². The lowest BCUT2D eigenvalue weighted by Crippen LogP contribution is -2.09. The zero-order valence-corrected chi connectivity index (χ0v) is 7.88. The Morgan fingerprint density at radius 3 is 2.20 bits per heavy atom. The molecule has 0 saturated heterocycles. The molecule has 0 aromatic heterocycles. The van der Waals surface area contributed by atoms with Crippen LogP contribution in [0.5, 0.6) is 0 Å². The monoisotopic (exact) mass is 202 g/mol. The van der Waals surface area contributed by atoms with Gasteiger partial charge in [0.05, 0.1) is 0 Å². The summed E-state index contributed by atoms with van der Waals surface area (Å²) in [6.45, 7) is 1.85. The largest absolute Gasteiger partial charge is 0.280 e. The van der Waals surface area contributed by atoms with Gasteiger partial charge in [0.15, 0.2) is 0 Å². The van der Waals surface area contributed by atoms with Gasteiger partial charge in [-0.15, -0.1) is 23.2 Å². The molecule has 0 spiro atoms. The number of hydrogen-bond donors (Lipinski definition) is 0. The topological polar surface area (TPSA) is 17.1 Å². The average Bonchev–Trinajstić information content (AvgIpc) is 1.82. The van der Waals surface area contributed by atoms with Crippen LogP contribution >= 0.6 is 34.8 Å². The summed E-state index contributed by atoms with van der Waals surface area (Å²) < 4.78 is 0. The molecule has 0 aliphatic heterocycles. The molecule has 0 N–H and O–H groups in total. The summed E-state index contributed by atoms with van der Waals surface area (Å²) in [5, 5.41) is -1.03. The minimum absolute atomic E-state index is 0.0530.